The molecule has 0 bridgehead atoms. The Morgan fingerprint density at radius 2 is 1.63 bits per heavy atom. The van der Waals surface area contributed by atoms with E-state index in [2.05, 4.69) is 10.6 Å². The number of ether oxygens (including phenoxy) is 2. The Bertz CT molecular complexity index is 863. The van der Waals surface area contributed by atoms with Gasteiger partial charge in [-0.3, -0.25) is 9.59 Å². The van der Waals surface area contributed by atoms with Crippen LogP contribution in [0.2, 0.25) is 0 Å². The van der Waals surface area contributed by atoms with Crippen LogP contribution in [0.15, 0.2) is 54.6 Å². The van der Waals surface area contributed by atoms with Crippen LogP contribution < -0.4 is 10.6 Å². The Hall–Kier alpha value is -3.42. The van der Waals surface area contributed by atoms with E-state index in [9.17, 15) is 18.8 Å². The normalized spacial score (nSPS) is 11.9. The van der Waals surface area contributed by atoms with Gasteiger partial charge in [0.05, 0.1) is 6.42 Å². The van der Waals surface area contributed by atoms with Gasteiger partial charge in [0, 0.05) is 17.8 Å². The fourth-order valence-electron chi connectivity index (χ4n) is 2.41. The van der Waals surface area contributed by atoms with E-state index in [0.29, 0.717) is 11.3 Å². The van der Waals surface area contributed by atoms with Gasteiger partial charge >= 0.3 is 12.1 Å². The van der Waals surface area contributed by atoms with Gasteiger partial charge in [0.25, 0.3) is 5.91 Å². The van der Waals surface area contributed by atoms with Crippen molar-refractivity contribution < 1.29 is 28.2 Å². The molecule has 2 rings (SSSR count). The highest BCUT2D eigenvalue weighted by atomic mass is 19.1. The van der Waals surface area contributed by atoms with Crippen molar-refractivity contribution in [3.8, 4) is 0 Å². The van der Waals surface area contributed by atoms with E-state index >= 15 is 0 Å². The Morgan fingerprint density at radius 1 is 1.00 bits per heavy atom. The highest BCUT2D eigenvalue weighted by Gasteiger charge is 2.25. The predicted octanol–water partition coefficient (Wildman–Crippen LogP) is 3.96. The summed E-state index contributed by atoms with van der Waals surface area (Å²) in [4.78, 5) is 36.6. The smallest absolute Gasteiger partial charge is 0.407 e. The molecular formula is C22H25FN2O5. The van der Waals surface area contributed by atoms with Crippen LogP contribution in [0, 0.1) is 5.82 Å². The molecule has 0 spiro atoms. The van der Waals surface area contributed by atoms with E-state index in [1.165, 1.54) is 24.3 Å². The molecule has 1 atom stereocenters. The van der Waals surface area contributed by atoms with Gasteiger partial charge in [0.2, 0.25) is 6.10 Å². The SMILES string of the molecule is CC(C)(C)OC(=O)NCCC(=O)O[C@H](C(=O)Nc1ccc(F)cc1)c1ccccc1. The molecule has 0 unspecified atom stereocenters. The van der Waals surface area contributed by atoms with E-state index in [0.717, 1.165) is 0 Å². The Kier molecular flexibility index (Phi) is 7.91. The average Bonchev–Trinajstić information content (AvgIpc) is 2.67. The first-order valence-corrected chi connectivity index (χ1v) is 9.42. The van der Waals surface area contributed by atoms with Gasteiger partial charge in [-0.15, -0.1) is 0 Å². The first-order chi connectivity index (χ1) is 14.1. The van der Waals surface area contributed by atoms with E-state index in [1.807, 2.05) is 0 Å². The molecule has 0 aliphatic carbocycles. The molecule has 160 valence electrons. The van der Waals surface area contributed by atoms with Gasteiger partial charge in [0.15, 0.2) is 0 Å². The summed E-state index contributed by atoms with van der Waals surface area (Å²) in [6, 6.07) is 13.7. The molecule has 7 nitrogen and oxygen atoms in total. The van der Waals surface area contributed by atoms with Crippen LogP contribution in [0.5, 0.6) is 0 Å². The number of hydrogen-bond donors (Lipinski definition) is 2. The maximum absolute atomic E-state index is 13.1. The number of hydrogen-bond acceptors (Lipinski definition) is 5. The molecule has 0 saturated carbocycles. The molecule has 0 aliphatic rings. The largest absolute Gasteiger partial charge is 0.447 e. The minimum Gasteiger partial charge on any atom is -0.447 e. The molecule has 0 aliphatic heterocycles. The number of rotatable bonds is 7. The van der Waals surface area contributed by atoms with Crippen molar-refractivity contribution >= 4 is 23.7 Å². The molecule has 2 aromatic rings. The van der Waals surface area contributed by atoms with Crippen LogP contribution in [-0.2, 0) is 19.1 Å². The summed E-state index contributed by atoms with van der Waals surface area (Å²) in [5, 5.41) is 5.06. The zero-order valence-corrected chi connectivity index (χ0v) is 17.1. The van der Waals surface area contributed by atoms with Crippen molar-refractivity contribution in [3.63, 3.8) is 0 Å². The van der Waals surface area contributed by atoms with Crippen molar-refractivity contribution in [1.82, 2.24) is 5.32 Å². The third-order valence-corrected chi connectivity index (χ3v) is 3.70. The minimum atomic E-state index is -1.20. The minimum absolute atomic E-state index is 0.00512. The number of anilines is 1. The van der Waals surface area contributed by atoms with E-state index in [-0.39, 0.29) is 13.0 Å². The Labute approximate surface area is 174 Å². The molecule has 0 radical (unpaired) electrons. The fraction of sp³-hybridized carbons (Fsp3) is 0.318. The highest BCUT2D eigenvalue weighted by Crippen LogP contribution is 2.21. The second kappa shape index (κ2) is 10.4. The highest BCUT2D eigenvalue weighted by molar-refractivity contribution is 5.96. The van der Waals surface area contributed by atoms with E-state index < -0.39 is 35.5 Å². The monoisotopic (exact) mass is 416 g/mol. The van der Waals surface area contributed by atoms with Gasteiger partial charge in [-0.1, -0.05) is 30.3 Å². The predicted molar refractivity (Wildman–Crippen MR) is 109 cm³/mol. The maximum atomic E-state index is 13.1. The molecule has 8 heteroatoms. The number of amides is 2. The standard InChI is InChI=1S/C22H25FN2O5/c1-22(2,3)30-21(28)24-14-13-18(26)29-19(15-7-5-4-6-8-15)20(27)25-17-11-9-16(23)10-12-17/h4-12,19H,13-14H2,1-3H3,(H,24,28)(H,25,27)/t19-/m0/s1. The Balaban J connectivity index is 1.98. The summed E-state index contributed by atoms with van der Waals surface area (Å²) in [6.45, 7) is 5.18. The summed E-state index contributed by atoms with van der Waals surface area (Å²) in [5.74, 6) is -1.69. The van der Waals surface area contributed by atoms with Crippen LogP contribution in [0.1, 0.15) is 38.9 Å². The van der Waals surface area contributed by atoms with Crippen molar-refractivity contribution in [3.05, 3.63) is 66.0 Å². The van der Waals surface area contributed by atoms with Crippen molar-refractivity contribution in [1.29, 1.82) is 0 Å². The summed E-state index contributed by atoms with van der Waals surface area (Å²) in [5.41, 5.74) is 0.192. The number of halogens is 1. The second-order valence-corrected chi connectivity index (χ2v) is 7.46. The van der Waals surface area contributed by atoms with Crippen LogP contribution in [0.25, 0.3) is 0 Å². The van der Waals surface area contributed by atoms with Gasteiger partial charge in [-0.25, -0.2) is 9.18 Å². The first kappa shape index (κ1) is 22.9. The number of nitrogens with one attached hydrogen (secondary N) is 2. The lowest BCUT2D eigenvalue weighted by Crippen LogP contribution is -2.34. The van der Waals surface area contributed by atoms with Gasteiger partial charge in [-0.2, -0.15) is 0 Å². The van der Waals surface area contributed by atoms with Gasteiger partial charge in [0.1, 0.15) is 11.4 Å². The summed E-state index contributed by atoms with van der Waals surface area (Å²) in [7, 11) is 0. The quantitative estimate of drug-likeness (QED) is 0.667. The lowest BCUT2D eigenvalue weighted by molar-refractivity contribution is -0.154. The van der Waals surface area contributed by atoms with Crippen LogP contribution in [0.3, 0.4) is 0 Å². The van der Waals surface area contributed by atoms with Gasteiger partial charge in [-0.05, 0) is 45.0 Å². The van der Waals surface area contributed by atoms with Crippen LogP contribution in [-0.4, -0.2) is 30.1 Å². The molecule has 0 heterocycles. The van der Waals surface area contributed by atoms with Crippen molar-refractivity contribution in [2.75, 3.05) is 11.9 Å². The molecule has 30 heavy (non-hydrogen) atoms. The fourth-order valence-corrected chi connectivity index (χ4v) is 2.41. The molecule has 0 fully saturated rings. The third-order valence-electron chi connectivity index (χ3n) is 3.70. The van der Waals surface area contributed by atoms with E-state index in [1.54, 1.807) is 51.1 Å². The van der Waals surface area contributed by atoms with Crippen LogP contribution >= 0.6 is 0 Å². The molecule has 0 aromatic heterocycles. The lowest BCUT2D eigenvalue weighted by atomic mass is 10.1. The number of esters is 1. The number of benzene rings is 2. The second-order valence-electron chi connectivity index (χ2n) is 7.46. The molecule has 2 aromatic carbocycles. The summed E-state index contributed by atoms with van der Waals surface area (Å²) in [6.07, 6.45) is -2.00. The summed E-state index contributed by atoms with van der Waals surface area (Å²) < 4.78 is 23.5. The topological polar surface area (TPSA) is 93.7 Å². The van der Waals surface area contributed by atoms with Crippen molar-refractivity contribution in [2.24, 2.45) is 0 Å². The number of carbonyl (C=O) groups is 3. The average molecular weight is 416 g/mol. The van der Waals surface area contributed by atoms with Crippen LogP contribution in [0.4, 0.5) is 14.9 Å². The number of carbonyl (C=O) groups excluding carboxylic acids is 3. The zero-order valence-electron chi connectivity index (χ0n) is 17.1. The molecule has 2 amide bonds. The van der Waals surface area contributed by atoms with E-state index in [4.69, 9.17) is 9.47 Å². The molecular weight excluding hydrogens is 391 g/mol. The molecule has 0 saturated heterocycles. The van der Waals surface area contributed by atoms with Crippen molar-refractivity contribution in [2.45, 2.75) is 38.9 Å². The Morgan fingerprint density at radius 3 is 2.23 bits per heavy atom. The first-order valence-electron chi connectivity index (χ1n) is 9.42. The molecule has 2 N–H and O–H groups in total. The third kappa shape index (κ3) is 7.90. The lowest BCUT2D eigenvalue weighted by Gasteiger charge is -2.20. The number of alkyl carbamates (subject to hydrolysis) is 1. The summed E-state index contributed by atoms with van der Waals surface area (Å²) >= 11 is 0. The van der Waals surface area contributed by atoms with Gasteiger partial charge < -0.3 is 20.1 Å². The maximum Gasteiger partial charge on any atom is 0.407 e. The zero-order chi connectivity index (χ0) is 22.1.